The van der Waals surface area contributed by atoms with Gasteiger partial charge in [0.1, 0.15) is 0 Å². The van der Waals surface area contributed by atoms with Crippen molar-refractivity contribution in [2.45, 2.75) is 112 Å². The molecule has 0 unspecified atom stereocenters. The molecule has 6 fully saturated rings. The second-order valence-electron chi connectivity index (χ2n) is 20.0. The van der Waals surface area contributed by atoms with E-state index in [9.17, 15) is 9.90 Å². The molecule has 1 N–H and O–H groups in total. The summed E-state index contributed by atoms with van der Waals surface area (Å²) in [5.41, 5.74) is 2.22. The summed E-state index contributed by atoms with van der Waals surface area (Å²) in [6.45, 7) is 21.6. The quantitative estimate of drug-likeness (QED) is 0.145. The highest BCUT2D eigenvalue weighted by Gasteiger charge is 2.72. The number of hydrogen-bond donors (Lipinski definition) is 1. The average Bonchev–Trinajstić information content (AvgIpc) is 3.58. The van der Waals surface area contributed by atoms with Gasteiger partial charge in [0.05, 0.1) is 11.5 Å². The zero-order valence-corrected chi connectivity index (χ0v) is 35.7. The fourth-order valence-corrected chi connectivity index (χ4v) is 14.3. The minimum atomic E-state index is -0.358. The van der Waals surface area contributed by atoms with Crippen LogP contribution < -0.4 is 9.47 Å². The summed E-state index contributed by atoms with van der Waals surface area (Å²) >= 11 is 0. The van der Waals surface area contributed by atoms with Crippen molar-refractivity contribution in [1.29, 1.82) is 0 Å². The molecule has 0 bridgehead atoms. The van der Waals surface area contributed by atoms with E-state index in [1.165, 1.54) is 31.3 Å². The van der Waals surface area contributed by atoms with E-state index in [1.54, 1.807) is 32.4 Å². The van der Waals surface area contributed by atoms with Crippen molar-refractivity contribution < 1.29 is 33.6 Å². The van der Waals surface area contributed by atoms with Crippen LogP contribution in [0.1, 0.15) is 111 Å². The largest absolute Gasteiger partial charge is 0.464 e. The number of fused-ring (bicyclic) bond motifs is 7. The number of carbonyl (C=O) groups excluding carboxylic acids is 2. The van der Waals surface area contributed by atoms with Crippen LogP contribution in [-0.2, 0) is 19.1 Å². The van der Waals surface area contributed by atoms with Crippen LogP contribution in [0.3, 0.4) is 0 Å². The first-order valence-corrected chi connectivity index (χ1v) is 21.5. The van der Waals surface area contributed by atoms with Gasteiger partial charge in [-0.05, 0) is 146 Å². The molecule has 0 aromatic heterocycles. The Hall–Kier alpha value is -2.88. The Labute approximate surface area is 336 Å². The van der Waals surface area contributed by atoms with E-state index in [2.05, 4.69) is 53.0 Å². The topological polar surface area (TPSA) is 97.8 Å². The monoisotopic (exact) mass is 775 g/mol. The highest BCUT2D eigenvalue weighted by molar-refractivity contribution is 5.92. The van der Waals surface area contributed by atoms with Gasteiger partial charge in [-0.25, -0.2) is 0 Å². The van der Waals surface area contributed by atoms with Crippen molar-refractivity contribution in [1.82, 2.24) is 9.80 Å². The first-order valence-electron chi connectivity index (χ1n) is 21.5. The smallest absolute Gasteiger partial charge is 0.246 e. The van der Waals surface area contributed by atoms with Crippen LogP contribution in [0, 0.1) is 56.7 Å². The number of rotatable bonds is 10. The average molecular weight is 775 g/mol. The number of piperazine rings is 1. The SMILES string of the molecule is C=C(C)[C@@H]1CC[C@]2(C(=O)N3CCN(C(=O)/C=C/c4ccc(OCOC)c(OCOC)c4)CC3)CC[C@]3(C)[C@H](CC[C@@H]4[C@@]5(C)CC[C@H](O)C(C)(C)[C@@H]5CC[C@]43C)[C@@H]12. The summed E-state index contributed by atoms with van der Waals surface area (Å²) in [4.78, 5) is 32.5. The number of allylic oxidation sites excluding steroid dienone is 1. The molecule has 5 saturated carbocycles. The third kappa shape index (κ3) is 6.54. The molecule has 9 heteroatoms. The Morgan fingerprint density at radius 2 is 1.48 bits per heavy atom. The summed E-state index contributed by atoms with van der Waals surface area (Å²) < 4.78 is 21.4. The molecule has 9 nitrogen and oxygen atoms in total. The minimum Gasteiger partial charge on any atom is -0.464 e. The second-order valence-corrected chi connectivity index (χ2v) is 20.0. The van der Waals surface area contributed by atoms with Crippen LogP contribution in [0.25, 0.3) is 6.08 Å². The number of nitrogens with zero attached hydrogens (tertiary/aromatic N) is 2. The summed E-state index contributed by atoms with van der Waals surface area (Å²) in [6.07, 6.45) is 14.1. The van der Waals surface area contributed by atoms with E-state index in [0.29, 0.717) is 73.2 Å². The number of hydrogen-bond acceptors (Lipinski definition) is 7. The molecule has 5 aliphatic carbocycles. The number of carbonyl (C=O) groups is 2. The number of aliphatic hydroxyl groups is 1. The molecule has 1 aliphatic heterocycles. The molecule has 56 heavy (non-hydrogen) atoms. The highest BCUT2D eigenvalue weighted by atomic mass is 16.7. The Bertz CT molecular complexity index is 1680. The van der Waals surface area contributed by atoms with Crippen LogP contribution >= 0.6 is 0 Å². The van der Waals surface area contributed by atoms with Crippen molar-refractivity contribution in [3.63, 3.8) is 0 Å². The van der Waals surface area contributed by atoms with E-state index in [0.717, 1.165) is 44.1 Å². The van der Waals surface area contributed by atoms with Crippen LogP contribution in [0.15, 0.2) is 36.4 Å². The van der Waals surface area contributed by atoms with E-state index in [1.807, 2.05) is 17.0 Å². The van der Waals surface area contributed by atoms with Gasteiger partial charge in [0.25, 0.3) is 0 Å². The van der Waals surface area contributed by atoms with Crippen LogP contribution in [0.4, 0.5) is 0 Å². The van der Waals surface area contributed by atoms with Gasteiger partial charge in [0, 0.05) is 46.5 Å². The van der Waals surface area contributed by atoms with Crippen LogP contribution in [0.2, 0.25) is 0 Å². The summed E-state index contributed by atoms with van der Waals surface area (Å²) in [5.74, 6) is 3.65. The van der Waals surface area contributed by atoms with Gasteiger partial charge in [-0.2, -0.15) is 0 Å². The van der Waals surface area contributed by atoms with Gasteiger partial charge in [-0.1, -0.05) is 52.8 Å². The third-order valence-electron chi connectivity index (χ3n) is 17.4. The van der Waals surface area contributed by atoms with Gasteiger partial charge < -0.3 is 33.9 Å². The van der Waals surface area contributed by atoms with Gasteiger partial charge in [0.2, 0.25) is 11.8 Å². The normalized spacial score (nSPS) is 38.9. The minimum absolute atomic E-state index is 0.0580. The Morgan fingerprint density at radius 1 is 0.804 bits per heavy atom. The van der Waals surface area contributed by atoms with Gasteiger partial charge >= 0.3 is 0 Å². The lowest BCUT2D eigenvalue weighted by Crippen LogP contribution is -2.67. The maximum absolute atomic E-state index is 15.1. The Kier molecular flexibility index (Phi) is 11.3. The zero-order valence-electron chi connectivity index (χ0n) is 35.7. The standard InChI is InChI=1S/C47H70N2O7/c1-31(2)33-16-21-47(23-22-45(6)34(41(33)47)12-14-38-44(5)19-18-39(50)43(3,4)37(44)17-20-46(38,45)7)42(52)49-26-24-48(25-27-49)40(51)15-11-32-10-13-35(55-29-53-8)36(28-32)56-30-54-9/h10-11,13,15,28,33-34,37-39,41,50H,1,12,14,16-27,29-30H2,2-9H3/b15-11+/t33-,34+,37-,38+,39-,41+,44-,45+,46+,47-/m0/s1. The van der Waals surface area contributed by atoms with Crippen molar-refractivity contribution in [3.8, 4) is 11.5 Å². The molecular weight excluding hydrogens is 705 g/mol. The summed E-state index contributed by atoms with van der Waals surface area (Å²) in [6, 6.07) is 5.48. The molecule has 0 radical (unpaired) electrons. The predicted octanol–water partition coefficient (Wildman–Crippen LogP) is 8.35. The summed E-state index contributed by atoms with van der Waals surface area (Å²) in [5, 5.41) is 11.1. The molecule has 10 atom stereocenters. The maximum atomic E-state index is 15.1. The molecule has 1 aromatic rings. The third-order valence-corrected chi connectivity index (χ3v) is 17.4. The number of aliphatic hydroxyl groups excluding tert-OH is 1. The van der Waals surface area contributed by atoms with Crippen LogP contribution in [0.5, 0.6) is 11.5 Å². The molecule has 6 aliphatic rings. The molecule has 310 valence electrons. The molecule has 1 saturated heterocycles. The van der Waals surface area contributed by atoms with E-state index in [-0.39, 0.29) is 52.7 Å². The van der Waals surface area contributed by atoms with Gasteiger partial charge in [0.15, 0.2) is 25.1 Å². The zero-order chi connectivity index (χ0) is 40.3. The number of methoxy groups -OCH3 is 2. The highest BCUT2D eigenvalue weighted by Crippen LogP contribution is 2.77. The fourth-order valence-electron chi connectivity index (χ4n) is 14.3. The van der Waals surface area contributed by atoms with Gasteiger partial charge in [-0.15, -0.1) is 0 Å². The number of ether oxygens (including phenoxy) is 4. The Balaban J connectivity index is 1.06. The Morgan fingerprint density at radius 3 is 2.16 bits per heavy atom. The lowest BCUT2D eigenvalue weighted by molar-refractivity contribution is -0.247. The molecule has 1 aromatic carbocycles. The molecule has 7 rings (SSSR count). The van der Waals surface area contributed by atoms with E-state index in [4.69, 9.17) is 18.9 Å². The number of amides is 2. The number of benzene rings is 1. The molecule has 0 spiro atoms. The van der Waals surface area contributed by atoms with Crippen molar-refractivity contribution >= 4 is 17.9 Å². The van der Waals surface area contributed by atoms with Crippen LogP contribution in [-0.4, -0.2) is 86.8 Å². The molecular formula is C47H70N2O7. The van der Waals surface area contributed by atoms with Crippen molar-refractivity contribution in [2.75, 3.05) is 54.0 Å². The fraction of sp³-hybridized carbons (Fsp3) is 0.745. The molecule has 2 amide bonds. The lowest BCUT2D eigenvalue weighted by atomic mass is 9.32. The lowest BCUT2D eigenvalue weighted by Gasteiger charge is -2.73. The van der Waals surface area contributed by atoms with Crippen molar-refractivity contribution in [3.05, 3.63) is 42.0 Å². The first kappa shape index (κ1) is 41.3. The predicted molar refractivity (Wildman–Crippen MR) is 219 cm³/mol. The van der Waals surface area contributed by atoms with Gasteiger partial charge in [-0.3, -0.25) is 9.59 Å². The maximum Gasteiger partial charge on any atom is 0.246 e. The molecule has 1 heterocycles. The summed E-state index contributed by atoms with van der Waals surface area (Å²) in [7, 11) is 3.12. The first-order chi connectivity index (χ1) is 26.6. The van der Waals surface area contributed by atoms with Crippen molar-refractivity contribution in [2.24, 2.45) is 56.7 Å². The van der Waals surface area contributed by atoms with E-state index < -0.39 is 0 Å². The second kappa shape index (κ2) is 15.4. The van der Waals surface area contributed by atoms with E-state index >= 15 is 4.79 Å².